The topological polar surface area (TPSA) is 38.3 Å². The molecule has 3 rings (SSSR count). The van der Waals surface area contributed by atoms with Gasteiger partial charge in [0.05, 0.1) is 18.6 Å². The summed E-state index contributed by atoms with van der Waals surface area (Å²) >= 11 is 0. The van der Waals surface area contributed by atoms with Gasteiger partial charge >= 0.3 is 0 Å². The summed E-state index contributed by atoms with van der Waals surface area (Å²) < 4.78 is 5.55. The fraction of sp³-hybridized carbons (Fsp3) is 0.550. The van der Waals surface area contributed by atoms with Gasteiger partial charge in [0.1, 0.15) is 5.75 Å². The maximum absolute atomic E-state index is 12.7. The first-order chi connectivity index (χ1) is 10.8. The van der Waals surface area contributed by atoms with Gasteiger partial charge in [0.25, 0.3) is 0 Å². The van der Waals surface area contributed by atoms with Gasteiger partial charge in [-0.05, 0) is 55.4 Å². The van der Waals surface area contributed by atoms with E-state index in [9.17, 15) is 4.79 Å². The van der Waals surface area contributed by atoms with Crippen LogP contribution in [0.25, 0.3) is 0 Å². The Hall–Kier alpha value is -1.77. The molecule has 124 valence electrons. The number of fused-ring (bicyclic) bond motifs is 1. The molecular weight excluding hydrogens is 286 g/mol. The van der Waals surface area contributed by atoms with Gasteiger partial charge in [0.2, 0.25) is 5.91 Å². The van der Waals surface area contributed by atoms with Crippen LogP contribution in [0.2, 0.25) is 0 Å². The zero-order valence-electron chi connectivity index (χ0n) is 14.8. The number of nitrogens with one attached hydrogen (secondary N) is 1. The van der Waals surface area contributed by atoms with Crippen molar-refractivity contribution in [3.63, 3.8) is 0 Å². The Morgan fingerprint density at radius 3 is 2.83 bits per heavy atom. The number of carbonyl (C=O) groups is 1. The molecule has 0 radical (unpaired) electrons. The van der Waals surface area contributed by atoms with Gasteiger partial charge < -0.3 is 10.1 Å². The molecule has 1 aliphatic carbocycles. The molecule has 0 unspecified atom stereocenters. The van der Waals surface area contributed by atoms with Crippen molar-refractivity contribution < 1.29 is 9.53 Å². The van der Waals surface area contributed by atoms with Gasteiger partial charge in [-0.15, -0.1) is 0 Å². The predicted molar refractivity (Wildman–Crippen MR) is 92.4 cm³/mol. The van der Waals surface area contributed by atoms with Crippen LogP contribution in [0.1, 0.15) is 51.8 Å². The van der Waals surface area contributed by atoms with E-state index in [4.69, 9.17) is 4.74 Å². The third-order valence-electron chi connectivity index (χ3n) is 5.28. The number of amides is 1. The zero-order chi connectivity index (χ0) is 16.8. The van der Waals surface area contributed by atoms with Crippen molar-refractivity contribution in [2.75, 3.05) is 6.61 Å². The highest BCUT2D eigenvalue weighted by atomic mass is 16.5. The molecule has 2 aliphatic rings. The second-order valence-electron chi connectivity index (χ2n) is 7.76. The van der Waals surface area contributed by atoms with E-state index in [1.54, 1.807) is 0 Å². The normalized spacial score (nSPS) is 25.1. The maximum Gasteiger partial charge on any atom is 0.224 e. The van der Waals surface area contributed by atoms with E-state index >= 15 is 0 Å². The van der Waals surface area contributed by atoms with E-state index in [0.717, 1.165) is 24.3 Å². The Labute approximate surface area is 139 Å². The summed E-state index contributed by atoms with van der Waals surface area (Å²) in [5.74, 6) is 1.59. The number of hydrogen-bond donors (Lipinski definition) is 1. The maximum atomic E-state index is 12.7. The molecule has 1 N–H and O–H groups in total. The highest BCUT2D eigenvalue weighted by molar-refractivity contribution is 5.84. The molecule has 0 saturated heterocycles. The van der Waals surface area contributed by atoms with Crippen molar-refractivity contribution in [3.8, 4) is 5.75 Å². The van der Waals surface area contributed by atoms with E-state index < -0.39 is 0 Å². The van der Waals surface area contributed by atoms with Crippen molar-refractivity contribution in [2.24, 2.45) is 17.3 Å². The Kier molecular flexibility index (Phi) is 3.99. The SMILES string of the molecule is CC(C)=C[C@@H]1[C@@H](C(=O)N[C@H](C)c2ccc3c(c2)CCO3)C1(C)C. The molecule has 3 atom stereocenters. The van der Waals surface area contributed by atoms with Crippen LogP contribution >= 0.6 is 0 Å². The largest absolute Gasteiger partial charge is 0.493 e. The van der Waals surface area contributed by atoms with Crippen LogP contribution in [-0.2, 0) is 11.2 Å². The molecule has 1 aromatic rings. The number of hydrogen-bond acceptors (Lipinski definition) is 2. The monoisotopic (exact) mass is 313 g/mol. The fourth-order valence-corrected chi connectivity index (χ4v) is 3.71. The van der Waals surface area contributed by atoms with Crippen molar-refractivity contribution in [1.82, 2.24) is 5.32 Å². The molecule has 23 heavy (non-hydrogen) atoms. The summed E-state index contributed by atoms with van der Waals surface area (Å²) in [4.78, 5) is 12.7. The summed E-state index contributed by atoms with van der Waals surface area (Å²) in [5.41, 5.74) is 3.75. The lowest BCUT2D eigenvalue weighted by molar-refractivity contribution is -0.123. The van der Waals surface area contributed by atoms with Crippen molar-refractivity contribution >= 4 is 5.91 Å². The molecule has 0 aromatic heterocycles. The molecule has 0 spiro atoms. The minimum atomic E-state index is 0.0251. The summed E-state index contributed by atoms with van der Waals surface area (Å²) in [7, 11) is 0. The number of carbonyl (C=O) groups excluding carboxylic acids is 1. The minimum Gasteiger partial charge on any atom is -0.493 e. The van der Waals surface area contributed by atoms with Crippen molar-refractivity contribution in [2.45, 2.75) is 47.1 Å². The van der Waals surface area contributed by atoms with Crippen LogP contribution in [0.15, 0.2) is 29.8 Å². The van der Waals surface area contributed by atoms with Gasteiger partial charge in [0, 0.05) is 6.42 Å². The van der Waals surface area contributed by atoms with Crippen LogP contribution in [-0.4, -0.2) is 12.5 Å². The van der Waals surface area contributed by atoms with E-state index in [-0.39, 0.29) is 23.3 Å². The Morgan fingerprint density at radius 1 is 1.39 bits per heavy atom. The quantitative estimate of drug-likeness (QED) is 0.852. The third kappa shape index (κ3) is 3.01. The molecule has 1 aromatic carbocycles. The number of benzene rings is 1. The van der Waals surface area contributed by atoms with Crippen molar-refractivity contribution in [3.05, 3.63) is 41.0 Å². The van der Waals surface area contributed by atoms with E-state index in [1.165, 1.54) is 11.1 Å². The average Bonchev–Trinajstić information content (AvgIpc) is 2.85. The number of allylic oxidation sites excluding steroid dienone is 2. The van der Waals surface area contributed by atoms with Crippen LogP contribution in [0.3, 0.4) is 0 Å². The van der Waals surface area contributed by atoms with Gasteiger partial charge in [-0.25, -0.2) is 0 Å². The van der Waals surface area contributed by atoms with Crippen LogP contribution in [0.5, 0.6) is 5.75 Å². The summed E-state index contributed by atoms with van der Waals surface area (Å²) in [6.07, 6.45) is 3.20. The summed E-state index contributed by atoms with van der Waals surface area (Å²) in [5, 5.41) is 3.20. The molecule has 0 bridgehead atoms. The van der Waals surface area contributed by atoms with Gasteiger partial charge in [-0.3, -0.25) is 4.79 Å². The molecular formula is C20H27NO2. The molecule has 1 heterocycles. The fourth-order valence-electron chi connectivity index (χ4n) is 3.71. The first-order valence-electron chi connectivity index (χ1n) is 8.51. The molecule has 3 heteroatoms. The highest BCUT2D eigenvalue weighted by Crippen LogP contribution is 2.59. The number of ether oxygens (including phenoxy) is 1. The second kappa shape index (κ2) is 5.70. The van der Waals surface area contributed by atoms with Gasteiger partial charge in [-0.1, -0.05) is 31.6 Å². The Bertz CT molecular complexity index is 656. The Balaban J connectivity index is 1.67. The van der Waals surface area contributed by atoms with Crippen LogP contribution in [0, 0.1) is 17.3 Å². The molecule has 1 fully saturated rings. The predicted octanol–water partition coefficient (Wildman–Crippen LogP) is 4.04. The van der Waals surface area contributed by atoms with E-state index in [2.05, 4.69) is 58.1 Å². The van der Waals surface area contributed by atoms with Crippen LogP contribution < -0.4 is 10.1 Å². The lowest BCUT2D eigenvalue weighted by atomic mass is 10.0. The molecule has 1 aliphatic heterocycles. The molecule has 1 saturated carbocycles. The smallest absolute Gasteiger partial charge is 0.224 e. The highest BCUT2D eigenvalue weighted by Gasteiger charge is 2.60. The first-order valence-corrected chi connectivity index (χ1v) is 8.51. The second-order valence-corrected chi connectivity index (χ2v) is 7.76. The lowest BCUT2D eigenvalue weighted by Crippen LogP contribution is -2.29. The molecule has 1 amide bonds. The minimum absolute atomic E-state index is 0.0251. The third-order valence-corrected chi connectivity index (χ3v) is 5.28. The van der Waals surface area contributed by atoms with Crippen molar-refractivity contribution in [1.29, 1.82) is 0 Å². The number of rotatable bonds is 4. The zero-order valence-corrected chi connectivity index (χ0v) is 14.8. The van der Waals surface area contributed by atoms with E-state index in [0.29, 0.717) is 5.92 Å². The standard InChI is InChI=1S/C20H27NO2/c1-12(2)10-16-18(20(16,4)5)19(22)21-13(3)14-6-7-17-15(11-14)8-9-23-17/h6-7,10-11,13,16,18H,8-9H2,1-5H3,(H,21,22)/t13-,16-,18+/m1/s1. The van der Waals surface area contributed by atoms with Gasteiger partial charge in [0.15, 0.2) is 0 Å². The van der Waals surface area contributed by atoms with Gasteiger partial charge in [-0.2, -0.15) is 0 Å². The average molecular weight is 313 g/mol. The Morgan fingerprint density at radius 2 is 2.13 bits per heavy atom. The molecule has 3 nitrogen and oxygen atoms in total. The van der Waals surface area contributed by atoms with E-state index in [1.807, 2.05) is 6.07 Å². The van der Waals surface area contributed by atoms with Crippen LogP contribution in [0.4, 0.5) is 0 Å². The summed E-state index contributed by atoms with van der Waals surface area (Å²) in [6.45, 7) is 11.4. The lowest BCUT2D eigenvalue weighted by Gasteiger charge is -2.16. The summed E-state index contributed by atoms with van der Waals surface area (Å²) in [6, 6.07) is 6.27. The first kappa shape index (κ1) is 16.1.